The Labute approximate surface area is 242 Å². The lowest BCUT2D eigenvalue weighted by Gasteiger charge is -2.36. The van der Waals surface area contributed by atoms with E-state index in [0.29, 0.717) is 59.0 Å². The third kappa shape index (κ3) is 5.37. The van der Waals surface area contributed by atoms with Crippen molar-refractivity contribution in [3.63, 3.8) is 0 Å². The second kappa shape index (κ2) is 12.0. The van der Waals surface area contributed by atoms with E-state index in [9.17, 15) is 9.59 Å². The third-order valence-corrected chi connectivity index (χ3v) is 7.59. The Morgan fingerprint density at radius 1 is 0.842 bits per heavy atom. The van der Waals surface area contributed by atoms with E-state index in [1.807, 2.05) is 41.3 Å². The molecular weight excluding hydrogens is 566 g/mol. The van der Waals surface area contributed by atoms with Gasteiger partial charge in [0.2, 0.25) is 5.91 Å². The Morgan fingerprint density at radius 2 is 1.50 bits per heavy atom. The van der Waals surface area contributed by atoms with Crippen LogP contribution in [0.5, 0.6) is 0 Å². The van der Waals surface area contributed by atoms with Crippen LogP contribution in [0.4, 0.5) is 5.69 Å². The highest BCUT2D eigenvalue weighted by Crippen LogP contribution is 2.38. The SMILES string of the molecule is CNCC(=O)N1CCN(c2cc(-c3ccccc3Cl)c3ccc(=O)n(-c4c(Cl)cccc4Cl)c3c2)CC1.Cl. The van der Waals surface area contributed by atoms with Crippen molar-refractivity contribution in [1.29, 1.82) is 0 Å². The number of piperazine rings is 1. The van der Waals surface area contributed by atoms with Crippen molar-refractivity contribution in [2.45, 2.75) is 0 Å². The van der Waals surface area contributed by atoms with Crippen LogP contribution in [0.25, 0.3) is 27.7 Å². The number of hydrogen-bond donors (Lipinski definition) is 1. The first-order valence-corrected chi connectivity index (χ1v) is 13.1. The van der Waals surface area contributed by atoms with E-state index in [2.05, 4.69) is 16.3 Å². The molecule has 1 aliphatic heterocycles. The molecule has 0 radical (unpaired) electrons. The number of anilines is 1. The molecule has 1 N–H and O–H groups in total. The van der Waals surface area contributed by atoms with Gasteiger partial charge in [-0.15, -0.1) is 12.4 Å². The second-order valence-corrected chi connectivity index (χ2v) is 10.1. The number of hydrogen-bond acceptors (Lipinski definition) is 4. The van der Waals surface area contributed by atoms with Gasteiger partial charge in [-0.1, -0.05) is 59.1 Å². The van der Waals surface area contributed by atoms with Crippen LogP contribution < -0.4 is 15.8 Å². The van der Waals surface area contributed by atoms with Crippen molar-refractivity contribution < 1.29 is 4.79 Å². The fourth-order valence-corrected chi connectivity index (χ4v) is 5.63. The summed E-state index contributed by atoms with van der Waals surface area (Å²) in [6, 6.07) is 20.2. The molecule has 2 heterocycles. The molecule has 1 fully saturated rings. The Balaban J connectivity index is 0.00000336. The van der Waals surface area contributed by atoms with Crippen LogP contribution in [-0.4, -0.2) is 55.1 Å². The maximum atomic E-state index is 13.3. The molecule has 0 aliphatic carbocycles. The molecule has 6 nitrogen and oxygen atoms in total. The number of halogens is 4. The minimum atomic E-state index is -0.243. The number of para-hydroxylation sites is 1. The number of rotatable bonds is 5. The summed E-state index contributed by atoms with van der Waals surface area (Å²) in [5.74, 6) is 0.0830. The zero-order valence-electron chi connectivity index (χ0n) is 20.6. The number of aromatic nitrogens is 1. The predicted octanol–water partition coefficient (Wildman–Crippen LogP) is 5.91. The fourth-order valence-electron chi connectivity index (χ4n) is 4.83. The molecule has 5 rings (SSSR count). The number of pyridine rings is 1. The average Bonchev–Trinajstić information content (AvgIpc) is 2.89. The zero-order valence-corrected chi connectivity index (χ0v) is 23.7. The topological polar surface area (TPSA) is 57.6 Å². The molecule has 0 bridgehead atoms. The monoisotopic (exact) mass is 590 g/mol. The number of nitrogens with zero attached hydrogens (tertiary/aromatic N) is 3. The first-order valence-electron chi connectivity index (χ1n) is 12.0. The minimum Gasteiger partial charge on any atom is -0.368 e. The van der Waals surface area contributed by atoms with E-state index >= 15 is 0 Å². The fraction of sp³-hybridized carbons (Fsp3) is 0.214. The van der Waals surface area contributed by atoms with Gasteiger partial charge >= 0.3 is 0 Å². The first-order chi connectivity index (χ1) is 17.9. The van der Waals surface area contributed by atoms with Crippen molar-refractivity contribution in [1.82, 2.24) is 14.8 Å². The standard InChI is InChI=1S/C28H25Cl3N4O2.ClH/c1-32-17-27(37)34-13-11-33(12-14-34)18-15-21(19-5-2-3-6-22(19)29)20-9-10-26(36)35(25(20)16-18)28-23(30)7-4-8-24(28)31;/h2-10,15-16,32H,11-14,17H2,1H3;1H. The van der Waals surface area contributed by atoms with E-state index in [0.717, 1.165) is 22.2 Å². The quantitative estimate of drug-likeness (QED) is 0.314. The van der Waals surface area contributed by atoms with Crippen molar-refractivity contribution in [2.24, 2.45) is 0 Å². The van der Waals surface area contributed by atoms with Crippen LogP contribution in [-0.2, 0) is 4.79 Å². The number of carbonyl (C=O) groups excluding carboxylic acids is 1. The lowest BCUT2D eigenvalue weighted by atomic mass is 9.98. The van der Waals surface area contributed by atoms with Crippen molar-refractivity contribution >= 4 is 69.7 Å². The Kier molecular flexibility index (Phi) is 8.91. The largest absolute Gasteiger partial charge is 0.368 e. The first kappa shape index (κ1) is 28.3. The van der Waals surface area contributed by atoms with Crippen molar-refractivity contribution in [2.75, 3.05) is 44.7 Å². The highest BCUT2D eigenvalue weighted by atomic mass is 35.5. The molecule has 1 aliphatic rings. The summed E-state index contributed by atoms with van der Waals surface area (Å²) in [5.41, 5.74) is 3.53. The molecule has 0 atom stereocenters. The molecular formula is C28H26Cl4N4O2. The van der Waals surface area contributed by atoms with E-state index in [-0.39, 0.29) is 23.9 Å². The van der Waals surface area contributed by atoms with Crippen LogP contribution in [0, 0.1) is 0 Å². The summed E-state index contributed by atoms with van der Waals surface area (Å²) in [7, 11) is 1.77. The van der Waals surface area contributed by atoms with Gasteiger partial charge in [0.05, 0.1) is 27.8 Å². The molecule has 198 valence electrons. The number of likely N-dealkylation sites (N-methyl/N-ethyl adjacent to an activating group) is 1. The summed E-state index contributed by atoms with van der Waals surface area (Å²) in [4.78, 5) is 29.7. The van der Waals surface area contributed by atoms with Gasteiger partial charge in [0, 0.05) is 53.9 Å². The summed E-state index contributed by atoms with van der Waals surface area (Å²) in [6.45, 7) is 2.85. The van der Waals surface area contributed by atoms with E-state index in [1.165, 1.54) is 6.07 Å². The van der Waals surface area contributed by atoms with Gasteiger partial charge in [-0.05, 0) is 49.0 Å². The summed E-state index contributed by atoms with van der Waals surface area (Å²) in [6.07, 6.45) is 0. The maximum absolute atomic E-state index is 13.3. The molecule has 0 unspecified atom stereocenters. The summed E-state index contributed by atoms with van der Waals surface area (Å²) in [5, 5.41) is 5.13. The van der Waals surface area contributed by atoms with Crippen molar-refractivity contribution in [3.8, 4) is 16.8 Å². The lowest BCUT2D eigenvalue weighted by molar-refractivity contribution is -0.130. The summed E-state index contributed by atoms with van der Waals surface area (Å²) >= 11 is 19.8. The van der Waals surface area contributed by atoms with Crippen molar-refractivity contribution in [3.05, 3.63) is 92.2 Å². The molecule has 4 aromatic rings. The van der Waals surface area contributed by atoms with Crippen LogP contribution in [0.1, 0.15) is 0 Å². The minimum absolute atomic E-state index is 0. The molecule has 0 saturated carbocycles. The van der Waals surface area contributed by atoms with Gasteiger partial charge in [0.15, 0.2) is 0 Å². The highest BCUT2D eigenvalue weighted by molar-refractivity contribution is 6.38. The number of fused-ring (bicyclic) bond motifs is 1. The Morgan fingerprint density at radius 3 is 2.16 bits per heavy atom. The molecule has 0 spiro atoms. The molecule has 10 heteroatoms. The van der Waals surface area contributed by atoms with Crippen LogP contribution >= 0.6 is 47.2 Å². The lowest BCUT2D eigenvalue weighted by Crippen LogP contribution is -2.50. The average molecular weight is 592 g/mol. The molecule has 38 heavy (non-hydrogen) atoms. The van der Waals surface area contributed by atoms with Gasteiger partial charge < -0.3 is 15.1 Å². The zero-order chi connectivity index (χ0) is 26.1. The van der Waals surface area contributed by atoms with Crippen LogP contribution in [0.15, 0.2) is 71.5 Å². The maximum Gasteiger partial charge on any atom is 0.255 e. The number of amides is 1. The van der Waals surface area contributed by atoms with Gasteiger partial charge in [-0.25, -0.2) is 0 Å². The van der Waals surface area contributed by atoms with Gasteiger partial charge in [0.25, 0.3) is 5.56 Å². The molecule has 1 amide bonds. The number of carbonyl (C=O) groups is 1. The van der Waals surface area contributed by atoms with Gasteiger partial charge in [-0.2, -0.15) is 0 Å². The van der Waals surface area contributed by atoms with E-state index < -0.39 is 0 Å². The summed E-state index contributed by atoms with van der Waals surface area (Å²) < 4.78 is 1.57. The number of benzene rings is 3. The predicted molar refractivity (Wildman–Crippen MR) is 160 cm³/mol. The molecule has 1 aromatic heterocycles. The van der Waals surface area contributed by atoms with Crippen LogP contribution in [0.2, 0.25) is 15.1 Å². The van der Waals surface area contributed by atoms with E-state index in [1.54, 1.807) is 29.8 Å². The second-order valence-electron chi connectivity index (χ2n) is 8.88. The van der Waals surface area contributed by atoms with Gasteiger partial charge in [-0.3, -0.25) is 14.2 Å². The smallest absolute Gasteiger partial charge is 0.255 e. The van der Waals surface area contributed by atoms with Crippen LogP contribution in [0.3, 0.4) is 0 Å². The molecule has 3 aromatic carbocycles. The third-order valence-electron chi connectivity index (χ3n) is 6.65. The normalized spacial score (nSPS) is 13.5. The van der Waals surface area contributed by atoms with E-state index in [4.69, 9.17) is 34.8 Å². The Hall–Kier alpha value is -2.74. The number of nitrogens with one attached hydrogen (secondary N) is 1. The Bertz CT molecular complexity index is 1530. The van der Waals surface area contributed by atoms with Gasteiger partial charge in [0.1, 0.15) is 0 Å². The highest BCUT2D eigenvalue weighted by Gasteiger charge is 2.23. The molecule has 1 saturated heterocycles.